The molecule has 3 aromatic rings. The fourth-order valence-electron chi connectivity index (χ4n) is 4.04. The van der Waals surface area contributed by atoms with Crippen LogP contribution in [0.3, 0.4) is 0 Å². The molecule has 3 heterocycles. The quantitative estimate of drug-likeness (QED) is 0.668. The predicted molar refractivity (Wildman–Crippen MR) is 119 cm³/mol. The molecule has 166 valence electrons. The Balaban J connectivity index is 1.92. The third-order valence-electron chi connectivity index (χ3n) is 5.41. The summed E-state index contributed by atoms with van der Waals surface area (Å²) in [6, 6.07) is 13.0. The molecule has 1 unspecified atom stereocenters. The Morgan fingerprint density at radius 3 is 2.53 bits per heavy atom. The molecule has 1 N–H and O–H groups in total. The van der Waals surface area contributed by atoms with Gasteiger partial charge in [0.1, 0.15) is 11.1 Å². The number of aliphatic hydroxyl groups excluding tert-OH is 1. The summed E-state index contributed by atoms with van der Waals surface area (Å²) in [6.45, 7) is 5.07. The Bertz CT molecular complexity index is 1130. The molecule has 1 aromatic carbocycles. The maximum Gasteiger partial charge on any atom is 0.415 e. The molecule has 1 atom stereocenters. The molecule has 8 nitrogen and oxygen atoms in total. The monoisotopic (exact) mass is 434 g/mol. The van der Waals surface area contributed by atoms with Crippen LogP contribution in [0.15, 0.2) is 54.9 Å². The average Bonchev–Trinajstić information content (AvgIpc) is 3.13. The van der Waals surface area contributed by atoms with Gasteiger partial charge in [0, 0.05) is 29.9 Å². The zero-order chi connectivity index (χ0) is 22.9. The van der Waals surface area contributed by atoms with Gasteiger partial charge >= 0.3 is 6.09 Å². The molecule has 0 fully saturated rings. The Morgan fingerprint density at radius 2 is 1.88 bits per heavy atom. The average molecular weight is 434 g/mol. The highest BCUT2D eigenvalue weighted by Crippen LogP contribution is 2.48. The van der Waals surface area contributed by atoms with Crippen LogP contribution in [-0.4, -0.2) is 45.7 Å². The van der Waals surface area contributed by atoms with E-state index in [1.807, 2.05) is 57.2 Å². The number of aromatic nitrogens is 3. The predicted octanol–water partition coefficient (Wildman–Crippen LogP) is 3.73. The molecule has 8 heteroatoms. The maximum absolute atomic E-state index is 13.4. The second kappa shape index (κ2) is 8.20. The van der Waals surface area contributed by atoms with E-state index in [0.29, 0.717) is 23.4 Å². The Labute approximate surface area is 186 Å². The molecule has 0 aliphatic carbocycles. The molecular weight excluding hydrogens is 408 g/mol. The number of hydrogen-bond donors (Lipinski definition) is 1. The number of carbonyl (C=O) groups is 1. The van der Waals surface area contributed by atoms with Crippen molar-refractivity contribution in [3.63, 3.8) is 0 Å². The van der Waals surface area contributed by atoms with E-state index in [1.54, 1.807) is 18.5 Å². The van der Waals surface area contributed by atoms with Crippen LogP contribution in [0.5, 0.6) is 5.88 Å². The zero-order valence-corrected chi connectivity index (χ0v) is 18.6. The normalized spacial score (nSPS) is 17.7. The first-order valence-corrected chi connectivity index (χ1v) is 10.3. The van der Waals surface area contributed by atoms with Crippen LogP contribution in [-0.2, 0) is 16.7 Å². The van der Waals surface area contributed by atoms with Crippen molar-refractivity contribution in [2.45, 2.75) is 38.3 Å². The number of amides is 1. The number of nitrogens with zero attached hydrogens (tertiary/aromatic N) is 4. The Hall–Kier alpha value is -3.52. The number of benzene rings is 1. The standard InChI is InChI=1S/C24H26N4O4/c1-23(2,3)32-22(30)28-20-8-6-5-7-17(20)14-24(28,15-29)18-13-19(26-27-21(18)31-4)16-9-11-25-12-10-16/h5-13,29H,14-15H2,1-4H3. The van der Waals surface area contributed by atoms with Crippen LogP contribution in [0.2, 0.25) is 0 Å². The number of pyridine rings is 1. The van der Waals surface area contributed by atoms with Crippen molar-refractivity contribution in [3.8, 4) is 17.1 Å². The van der Waals surface area contributed by atoms with Crippen LogP contribution in [0, 0.1) is 0 Å². The van der Waals surface area contributed by atoms with Crippen molar-refractivity contribution in [1.29, 1.82) is 0 Å². The number of carbonyl (C=O) groups excluding carboxylic acids is 1. The fraction of sp³-hybridized carbons (Fsp3) is 0.333. The molecule has 1 aliphatic rings. The second-order valence-corrected chi connectivity index (χ2v) is 8.70. The minimum absolute atomic E-state index is 0.234. The molecule has 0 radical (unpaired) electrons. The maximum atomic E-state index is 13.4. The topological polar surface area (TPSA) is 97.7 Å². The van der Waals surface area contributed by atoms with E-state index >= 15 is 0 Å². The minimum Gasteiger partial charge on any atom is -0.480 e. The summed E-state index contributed by atoms with van der Waals surface area (Å²) >= 11 is 0. The van der Waals surface area contributed by atoms with Crippen LogP contribution in [0.1, 0.15) is 31.9 Å². The van der Waals surface area contributed by atoms with Gasteiger partial charge in [0.05, 0.1) is 25.1 Å². The van der Waals surface area contributed by atoms with Gasteiger partial charge in [0.25, 0.3) is 0 Å². The van der Waals surface area contributed by atoms with Crippen LogP contribution in [0.4, 0.5) is 10.5 Å². The Morgan fingerprint density at radius 1 is 1.16 bits per heavy atom. The summed E-state index contributed by atoms with van der Waals surface area (Å²) in [6.07, 6.45) is 3.15. The molecule has 1 amide bonds. The molecule has 4 rings (SSSR count). The number of ether oxygens (including phenoxy) is 2. The van der Waals surface area contributed by atoms with Gasteiger partial charge in [-0.25, -0.2) is 4.79 Å². The molecule has 0 saturated carbocycles. The molecule has 0 bridgehead atoms. The minimum atomic E-state index is -1.17. The highest BCUT2D eigenvalue weighted by Gasteiger charge is 2.51. The van der Waals surface area contributed by atoms with Crippen LogP contribution < -0.4 is 9.64 Å². The lowest BCUT2D eigenvalue weighted by Crippen LogP contribution is -2.52. The van der Waals surface area contributed by atoms with Crippen molar-refractivity contribution in [3.05, 3.63) is 66.0 Å². The van der Waals surface area contributed by atoms with Crippen LogP contribution in [0.25, 0.3) is 11.3 Å². The van der Waals surface area contributed by atoms with Crippen molar-refractivity contribution >= 4 is 11.8 Å². The van der Waals surface area contributed by atoms with Gasteiger partial charge in [0.2, 0.25) is 5.88 Å². The highest BCUT2D eigenvalue weighted by molar-refractivity contribution is 5.93. The van der Waals surface area contributed by atoms with Gasteiger partial charge in [-0.3, -0.25) is 9.88 Å². The molecule has 1 aliphatic heterocycles. The third kappa shape index (κ3) is 3.78. The molecule has 2 aromatic heterocycles. The SMILES string of the molecule is COc1nnc(-c2ccncc2)cc1C1(CO)Cc2ccccc2N1C(=O)OC(C)(C)C. The Kier molecular flexibility index (Phi) is 5.56. The van der Waals surface area contributed by atoms with Crippen molar-refractivity contribution in [1.82, 2.24) is 15.2 Å². The number of rotatable bonds is 4. The van der Waals surface area contributed by atoms with E-state index in [2.05, 4.69) is 15.2 Å². The summed E-state index contributed by atoms with van der Waals surface area (Å²) in [5.41, 5.74) is 1.65. The second-order valence-electron chi connectivity index (χ2n) is 8.70. The fourth-order valence-corrected chi connectivity index (χ4v) is 4.04. The molecule has 32 heavy (non-hydrogen) atoms. The summed E-state index contributed by atoms with van der Waals surface area (Å²) in [4.78, 5) is 19.0. The molecular formula is C24H26N4O4. The number of methoxy groups -OCH3 is 1. The first-order valence-electron chi connectivity index (χ1n) is 10.3. The van der Waals surface area contributed by atoms with Gasteiger partial charge < -0.3 is 14.6 Å². The zero-order valence-electron chi connectivity index (χ0n) is 18.6. The van der Waals surface area contributed by atoms with E-state index in [9.17, 15) is 9.90 Å². The largest absolute Gasteiger partial charge is 0.480 e. The lowest BCUT2D eigenvalue weighted by molar-refractivity contribution is 0.0504. The number of hydrogen-bond acceptors (Lipinski definition) is 7. The number of para-hydroxylation sites is 1. The summed E-state index contributed by atoms with van der Waals surface area (Å²) in [5, 5.41) is 19.3. The van der Waals surface area contributed by atoms with E-state index < -0.39 is 17.2 Å². The van der Waals surface area contributed by atoms with Gasteiger partial charge in [-0.1, -0.05) is 18.2 Å². The summed E-state index contributed by atoms with van der Waals surface area (Å²) < 4.78 is 11.3. The van der Waals surface area contributed by atoms with Gasteiger partial charge in [-0.05, 0) is 50.6 Å². The summed E-state index contributed by atoms with van der Waals surface area (Å²) in [5.74, 6) is 0.234. The van der Waals surface area contributed by atoms with Crippen molar-refractivity contribution in [2.75, 3.05) is 18.6 Å². The molecule has 0 saturated heterocycles. The van der Waals surface area contributed by atoms with Crippen LogP contribution >= 0.6 is 0 Å². The number of fused-ring (bicyclic) bond motifs is 1. The number of aliphatic hydroxyl groups is 1. The lowest BCUT2D eigenvalue weighted by Gasteiger charge is -2.38. The number of anilines is 1. The summed E-state index contributed by atoms with van der Waals surface area (Å²) in [7, 11) is 1.49. The lowest BCUT2D eigenvalue weighted by atomic mass is 9.86. The van der Waals surface area contributed by atoms with E-state index in [1.165, 1.54) is 12.0 Å². The van der Waals surface area contributed by atoms with Gasteiger partial charge in [-0.2, -0.15) is 0 Å². The first kappa shape index (κ1) is 21.7. The van der Waals surface area contributed by atoms with E-state index in [-0.39, 0.29) is 12.5 Å². The molecule has 0 spiro atoms. The van der Waals surface area contributed by atoms with E-state index in [0.717, 1.165) is 11.1 Å². The smallest absolute Gasteiger partial charge is 0.415 e. The van der Waals surface area contributed by atoms with Crippen molar-refractivity contribution in [2.24, 2.45) is 0 Å². The van der Waals surface area contributed by atoms with Gasteiger partial charge in [0.15, 0.2) is 0 Å². The van der Waals surface area contributed by atoms with Gasteiger partial charge in [-0.15, -0.1) is 10.2 Å². The third-order valence-corrected chi connectivity index (χ3v) is 5.41. The van der Waals surface area contributed by atoms with Crippen molar-refractivity contribution < 1.29 is 19.4 Å². The first-order chi connectivity index (χ1) is 15.3. The highest BCUT2D eigenvalue weighted by atomic mass is 16.6. The van der Waals surface area contributed by atoms with E-state index in [4.69, 9.17) is 9.47 Å².